The van der Waals surface area contributed by atoms with Crippen molar-refractivity contribution in [3.05, 3.63) is 54.0 Å². The molecule has 0 saturated heterocycles. The Morgan fingerprint density at radius 2 is 1.83 bits per heavy atom. The van der Waals surface area contributed by atoms with Crippen LogP contribution in [0.25, 0.3) is 0 Å². The van der Waals surface area contributed by atoms with Crippen molar-refractivity contribution in [1.29, 1.82) is 0 Å². The number of carbonyl (C=O) groups excluding carboxylic acids is 3. The van der Waals surface area contributed by atoms with Crippen molar-refractivity contribution in [2.75, 3.05) is 13.2 Å². The molecule has 1 aromatic carbocycles. The van der Waals surface area contributed by atoms with Gasteiger partial charge in [0.15, 0.2) is 6.61 Å². The fourth-order valence-corrected chi connectivity index (χ4v) is 2.19. The molecule has 0 aliphatic heterocycles. The molecule has 9 heteroatoms. The molecule has 9 nitrogen and oxygen atoms in total. The smallest absolute Gasteiger partial charge is 0.258 e. The maximum atomic E-state index is 11.8. The quantitative estimate of drug-likeness (QED) is 0.293. The molecule has 0 radical (unpaired) electrons. The van der Waals surface area contributed by atoms with E-state index < -0.39 is 5.91 Å². The summed E-state index contributed by atoms with van der Waals surface area (Å²) >= 11 is 0. The predicted octanol–water partition coefficient (Wildman–Crippen LogP) is 1.59. The van der Waals surface area contributed by atoms with Crippen molar-refractivity contribution in [1.82, 2.24) is 16.1 Å². The molecule has 2 aromatic rings. The first-order valence-corrected chi connectivity index (χ1v) is 9.53. The maximum Gasteiger partial charge on any atom is 0.258 e. The van der Waals surface area contributed by atoms with Gasteiger partial charge < -0.3 is 19.8 Å². The molecule has 2 rings (SSSR count). The van der Waals surface area contributed by atoms with Gasteiger partial charge in [0.2, 0.25) is 11.8 Å². The summed E-state index contributed by atoms with van der Waals surface area (Å²) in [6.07, 6.45) is 2.71. The number of nitrogens with one attached hydrogen (secondary N) is 3. The highest BCUT2D eigenvalue weighted by atomic mass is 16.5. The van der Waals surface area contributed by atoms with Crippen LogP contribution in [0.5, 0.6) is 5.75 Å². The molecule has 0 bridgehead atoms. The number of hydrazone groups is 1. The first kappa shape index (κ1) is 22.7. The third kappa shape index (κ3) is 9.05. The lowest BCUT2D eigenvalue weighted by molar-refractivity contribution is -0.129. The van der Waals surface area contributed by atoms with Gasteiger partial charge in [0.1, 0.15) is 17.9 Å². The van der Waals surface area contributed by atoms with E-state index in [0.717, 1.165) is 0 Å². The minimum absolute atomic E-state index is 0.122. The summed E-state index contributed by atoms with van der Waals surface area (Å²) in [5.41, 5.74) is 3.02. The van der Waals surface area contributed by atoms with Gasteiger partial charge in [-0.15, -0.1) is 0 Å². The number of nitrogens with zero attached hydrogens (tertiary/aromatic N) is 1. The van der Waals surface area contributed by atoms with E-state index >= 15 is 0 Å². The number of hydrogen-bond acceptors (Lipinski definition) is 6. The summed E-state index contributed by atoms with van der Waals surface area (Å²) in [6, 6.07) is 10.3. The highest BCUT2D eigenvalue weighted by Gasteiger charge is 2.08. The lowest BCUT2D eigenvalue weighted by Gasteiger charge is -2.07. The van der Waals surface area contributed by atoms with Crippen molar-refractivity contribution >= 4 is 23.9 Å². The van der Waals surface area contributed by atoms with Crippen LogP contribution in [0.15, 0.2) is 52.2 Å². The van der Waals surface area contributed by atoms with Crippen molar-refractivity contribution in [2.45, 2.75) is 26.8 Å². The Morgan fingerprint density at radius 3 is 2.50 bits per heavy atom. The topological polar surface area (TPSA) is 122 Å². The van der Waals surface area contributed by atoms with Gasteiger partial charge >= 0.3 is 0 Å². The number of hydrogen-bond donors (Lipinski definition) is 3. The van der Waals surface area contributed by atoms with Crippen LogP contribution in [-0.2, 0) is 20.9 Å². The number of benzene rings is 1. The summed E-state index contributed by atoms with van der Waals surface area (Å²) in [6.45, 7) is 4.64. The molecule has 0 unspecified atom stereocenters. The lowest BCUT2D eigenvalue weighted by atomic mass is 10.2. The monoisotopic (exact) mass is 414 g/mol. The second-order valence-corrected chi connectivity index (χ2v) is 6.88. The van der Waals surface area contributed by atoms with Gasteiger partial charge in [0, 0.05) is 6.54 Å². The van der Waals surface area contributed by atoms with Crippen molar-refractivity contribution in [2.24, 2.45) is 11.0 Å². The summed E-state index contributed by atoms with van der Waals surface area (Å²) in [4.78, 5) is 35.0. The van der Waals surface area contributed by atoms with Crippen molar-refractivity contribution < 1.29 is 23.5 Å². The van der Waals surface area contributed by atoms with Crippen LogP contribution in [0.3, 0.4) is 0 Å². The van der Waals surface area contributed by atoms with Gasteiger partial charge in [-0.1, -0.05) is 13.8 Å². The van der Waals surface area contributed by atoms with Gasteiger partial charge in [-0.25, -0.2) is 5.43 Å². The number of ether oxygens (including phenoxy) is 1. The van der Waals surface area contributed by atoms with Gasteiger partial charge in [0.05, 0.1) is 19.0 Å². The SMILES string of the molecule is CC(C)CNC(=O)CC(=O)NN=Cc1ccc(OCC(=O)NCc2ccco2)cc1. The molecule has 0 atom stereocenters. The van der Waals surface area contributed by atoms with Gasteiger partial charge in [0.25, 0.3) is 5.91 Å². The third-order valence-corrected chi connectivity index (χ3v) is 3.72. The summed E-state index contributed by atoms with van der Waals surface area (Å²) < 4.78 is 10.5. The normalized spacial score (nSPS) is 10.8. The van der Waals surface area contributed by atoms with E-state index in [4.69, 9.17) is 9.15 Å². The zero-order chi connectivity index (χ0) is 21.8. The predicted molar refractivity (Wildman–Crippen MR) is 111 cm³/mol. The lowest BCUT2D eigenvalue weighted by Crippen LogP contribution is -2.32. The molecule has 1 aromatic heterocycles. The third-order valence-electron chi connectivity index (χ3n) is 3.72. The number of amides is 3. The minimum atomic E-state index is -0.493. The molecule has 0 aliphatic carbocycles. The Balaban J connectivity index is 1.67. The second kappa shape index (κ2) is 12.1. The van der Waals surface area contributed by atoms with Crippen LogP contribution in [-0.4, -0.2) is 37.1 Å². The van der Waals surface area contributed by atoms with Gasteiger partial charge in [-0.05, 0) is 47.9 Å². The summed E-state index contributed by atoms with van der Waals surface area (Å²) in [5.74, 6) is 0.399. The zero-order valence-corrected chi connectivity index (χ0v) is 17.0. The molecule has 30 heavy (non-hydrogen) atoms. The number of carbonyl (C=O) groups is 3. The van der Waals surface area contributed by atoms with E-state index in [9.17, 15) is 14.4 Å². The van der Waals surface area contributed by atoms with Crippen LogP contribution in [0.2, 0.25) is 0 Å². The van der Waals surface area contributed by atoms with Crippen LogP contribution in [0, 0.1) is 5.92 Å². The molecule has 160 valence electrons. The van der Waals surface area contributed by atoms with E-state index in [2.05, 4.69) is 21.2 Å². The Hall–Kier alpha value is -3.62. The highest BCUT2D eigenvalue weighted by Crippen LogP contribution is 2.11. The standard InChI is InChI=1S/C21H26N4O5/c1-15(2)11-22-19(26)10-20(27)25-24-12-16-5-7-17(8-6-16)30-14-21(28)23-13-18-4-3-9-29-18/h3-9,12,15H,10-11,13-14H2,1-2H3,(H,22,26)(H,23,28)(H,25,27). The Bertz CT molecular complexity index is 845. The fraction of sp³-hybridized carbons (Fsp3) is 0.333. The molecule has 0 saturated carbocycles. The molecule has 0 aliphatic rings. The van der Waals surface area contributed by atoms with Crippen LogP contribution < -0.4 is 20.8 Å². The fourth-order valence-electron chi connectivity index (χ4n) is 2.19. The molecule has 0 spiro atoms. The summed E-state index contributed by atoms with van der Waals surface area (Å²) in [5, 5.41) is 9.17. The van der Waals surface area contributed by atoms with Gasteiger partial charge in [-0.3, -0.25) is 14.4 Å². The molecular weight excluding hydrogens is 388 g/mol. The maximum absolute atomic E-state index is 11.8. The second-order valence-electron chi connectivity index (χ2n) is 6.88. The summed E-state index contributed by atoms with van der Waals surface area (Å²) in [7, 11) is 0. The highest BCUT2D eigenvalue weighted by molar-refractivity contribution is 5.97. The Morgan fingerprint density at radius 1 is 1.07 bits per heavy atom. The Kier molecular flexibility index (Phi) is 9.11. The van der Waals surface area contributed by atoms with E-state index in [-0.39, 0.29) is 24.8 Å². The Labute approximate surface area is 174 Å². The average Bonchev–Trinajstić information content (AvgIpc) is 3.24. The van der Waals surface area contributed by atoms with Crippen LogP contribution in [0.4, 0.5) is 0 Å². The van der Waals surface area contributed by atoms with E-state index in [1.807, 2.05) is 13.8 Å². The first-order valence-electron chi connectivity index (χ1n) is 9.53. The van der Waals surface area contributed by atoms with E-state index in [1.54, 1.807) is 42.7 Å². The van der Waals surface area contributed by atoms with Gasteiger partial charge in [-0.2, -0.15) is 5.10 Å². The molecule has 3 amide bonds. The van der Waals surface area contributed by atoms with Crippen molar-refractivity contribution in [3.8, 4) is 5.75 Å². The molecule has 3 N–H and O–H groups in total. The molecular formula is C21H26N4O5. The molecule has 1 heterocycles. The van der Waals surface area contributed by atoms with E-state index in [0.29, 0.717) is 36.1 Å². The zero-order valence-electron chi connectivity index (χ0n) is 17.0. The van der Waals surface area contributed by atoms with E-state index in [1.165, 1.54) is 6.21 Å². The largest absolute Gasteiger partial charge is 0.484 e. The minimum Gasteiger partial charge on any atom is -0.484 e. The van der Waals surface area contributed by atoms with Crippen molar-refractivity contribution in [3.63, 3.8) is 0 Å². The first-order chi connectivity index (χ1) is 14.4. The van der Waals surface area contributed by atoms with Crippen LogP contribution in [0.1, 0.15) is 31.6 Å². The van der Waals surface area contributed by atoms with Crippen LogP contribution >= 0.6 is 0 Å². The number of rotatable bonds is 11. The molecule has 0 fully saturated rings. The average molecular weight is 414 g/mol. The number of furan rings is 1.